The van der Waals surface area contributed by atoms with Gasteiger partial charge in [0.15, 0.2) is 4.34 Å². The standard InChI is InChI=1S/C16H13ClN2OS2/c1-10-6-7-11(17)8-13(10)18-15(20)9-21-16-19-12-4-2-3-5-14(12)22-16/h2-8H,9H2,1H3,(H,18,20). The molecule has 1 N–H and O–H groups in total. The van der Waals surface area contributed by atoms with Gasteiger partial charge in [-0.3, -0.25) is 4.79 Å². The number of rotatable bonds is 4. The maximum absolute atomic E-state index is 12.1. The molecular weight excluding hydrogens is 336 g/mol. The maximum Gasteiger partial charge on any atom is 0.234 e. The molecule has 0 radical (unpaired) electrons. The van der Waals surface area contributed by atoms with Crippen LogP contribution in [0.5, 0.6) is 0 Å². The highest BCUT2D eigenvalue weighted by Gasteiger charge is 2.09. The zero-order valence-corrected chi connectivity index (χ0v) is 14.2. The lowest BCUT2D eigenvalue weighted by Gasteiger charge is -2.08. The SMILES string of the molecule is Cc1ccc(Cl)cc1NC(=O)CSc1nc2ccccc2s1. The highest BCUT2D eigenvalue weighted by Crippen LogP contribution is 2.29. The molecule has 1 aromatic heterocycles. The van der Waals surface area contributed by atoms with Gasteiger partial charge in [0.2, 0.25) is 5.91 Å². The molecule has 0 unspecified atom stereocenters. The number of carbonyl (C=O) groups excluding carboxylic acids is 1. The second-order valence-corrected chi connectivity index (χ2v) is 7.43. The Balaban J connectivity index is 1.63. The highest BCUT2D eigenvalue weighted by molar-refractivity contribution is 8.01. The van der Waals surface area contributed by atoms with Gasteiger partial charge >= 0.3 is 0 Å². The Labute approximate surface area is 141 Å². The fourth-order valence-corrected chi connectivity index (χ4v) is 4.00. The van der Waals surface area contributed by atoms with Gasteiger partial charge in [-0.25, -0.2) is 4.98 Å². The van der Waals surface area contributed by atoms with Crippen LogP contribution < -0.4 is 5.32 Å². The minimum absolute atomic E-state index is 0.0605. The molecule has 0 fully saturated rings. The molecule has 0 aliphatic carbocycles. The van der Waals surface area contributed by atoms with Crippen LogP contribution in [0.25, 0.3) is 10.2 Å². The summed E-state index contributed by atoms with van der Waals surface area (Å²) in [5.74, 6) is 0.265. The number of nitrogens with one attached hydrogen (secondary N) is 1. The quantitative estimate of drug-likeness (QED) is 0.675. The first-order chi connectivity index (χ1) is 10.6. The minimum atomic E-state index is -0.0605. The Morgan fingerprint density at radius 1 is 1.32 bits per heavy atom. The van der Waals surface area contributed by atoms with Gasteiger partial charge in [-0.15, -0.1) is 11.3 Å². The third-order valence-electron chi connectivity index (χ3n) is 3.07. The van der Waals surface area contributed by atoms with Crippen LogP contribution in [0, 0.1) is 6.92 Å². The summed E-state index contributed by atoms with van der Waals surface area (Å²) in [7, 11) is 0. The number of fused-ring (bicyclic) bond motifs is 1. The van der Waals surface area contributed by atoms with E-state index in [-0.39, 0.29) is 5.91 Å². The maximum atomic E-state index is 12.1. The van der Waals surface area contributed by atoms with Gasteiger partial charge in [0.05, 0.1) is 16.0 Å². The fourth-order valence-electron chi connectivity index (χ4n) is 1.96. The minimum Gasteiger partial charge on any atom is -0.325 e. The van der Waals surface area contributed by atoms with Crippen LogP contribution in [0.15, 0.2) is 46.8 Å². The van der Waals surface area contributed by atoms with Crippen LogP contribution in [0.4, 0.5) is 5.69 Å². The molecule has 0 atom stereocenters. The van der Waals surface area contributed by atoms with E-state index in [9.17, 15) is 4.79 Å². The van der Waals surface area contributed by atoms with Gasteiger partial charge < -0.3 is 5.32 Å². The zero-order valence-electron chi connectivity index (χ0n) is 11.8. The normalized spacial score (nSPS) is 10.8. The number of hydrogen-bond acceptors (Lipinski definition) is 4. The predicted octanol–water partition coefficient (Wildman–Crippen LogP) is 4.99. The van der Waals surface area contributed by atoms with Crippen LogP contribution in [0.2, 0.25) is 5.02 Å². The van der Waals surface area contributed by atoms with Crippen molar-refractivity contribution < 1.29 is 4.79 Å². The number of benzene rings is 2. The van der Waals surface area contributed by atoms with Crippen LogP contribution in [0.1, 0.15) is 5.56 Å². The van der Waals surface area contributed by atoms with Gasteiger partial charge in [-0.2, -0.15) is 0 Å². The number of aryl methyl sites for hydroxylation is 1. The van der Waals surface area contributed by atoms with Gasteiger partial charge in [-0.1, -0.05) is 41.6 Å². The van der Waals surface area contributed by atoms with Crippen LogP contribution >= 0.6 is 34.7 Å². The molecule has 3 aromatic rings. The third-order valence-corrected chi connectivity index (χ3v) is 5.49. The van der Waals surface area contributed by atoms with Crippen molar-refractivity contribution in [3.63, 3.8) is 0 Å². The van der Waals surface area contributed by atoms with E-state index < -0.39 is 0 Å². The average molecular weight is 349 g/mol. The molecule has 3 rings (SSSR count). The molecule has 0 saturated carbocycles. The molecule has 0 spiro atoms. The molecule has 3 nitrogen and oxygen atoms in total. The van der Waals surface area contributed by atoms with E-state index in [0.29, 0.717) is 10.8 Å². The fraction of sp³-hybridized carbons (Fsp3) is 0.125. The summed E-state index contributed by atoms with van der Waals surface area (Å²) >= 11 is 9.00. The first kappa shape index (κ1) is 15.3. The van der Waals surface area contributed by atoms with E-state index >= 15 is 0 Å². The lowest BCUT2D eigenvalue weighted by molar-refractivity contribution is -0.113. The van der Waals surface area contributed by atoms with Crippen molar-refractivity contribution in [3.05, 3.63) is 53.1 Å². The molecule has 6 heteroatoms. The molecule has 1 heterocycles. The number of halogens is 1. The van der Waals surface area contributed by atoms with Crippen molar-refractivity contribution in [2.75, 3.05) is 11.1 Å². The van der Waals surface area contributed by atoms with Gasteiger partial charge in [0, 0.05) is 10.7 Å². The Hall–Kier alpha value is -1.56. The number of thiazole rings is 1. The first-order valence-corrected chi connectivity index (χ1v) is 8.84. The average Bonchev–Trinajstić information content (AvgIpc) is 2.92. The summed E-state index contributed by atoms with van der Waals surface area (Å²) in [6.07, 6.45) is 0. The van der Waals surface area contributed by atoms with Crippen molar-refractivity contribution in [3.8, 4) is 0 Å². The van der Waals surface area contributed by atoms with Crippen molar-refractivity contribution in [1.82, 2.24) is 4.98 Å². The highest BCUT2D eigenvalue weighted by atomic mass is 35.5. The topological polar surface area (TPSA) is 42.0 Å². The molecule has 1 amide bonds. The Kier molecular flexibility index (Phi) is 4.66. The van der Waals surface area contributed by atoms with Gasteiger partial charge in [0.1, 0.15) is 0 Å². The van der Waals surface area contributed by atoms with E-state index in [1.807, 2.05) is 43.3 Å². The number of carbonyl (C=O) groups is 1. The summed E-state index contributed by atoms with van der Waals surface area (Å²) < 4.78 is 2.04. The number of amides is 1. The first-order valence-electron chi connectivity index (χ1n) is 6.66. The number of aromatic nitrogens is 1. The number of nitrogens with zero attached hydrogens (tertiary/aromatic N) is 1. The zero-order chi connectivity index (χ0) is 15.5. The molecule has 0 aliphatic rings. The van der Waals surface area contributed by atoms with E-state index in [0.717, 1.165) is 25.8 Å². The lowest BCUT2D eigenvalue weighted by Crippen LogP contribution is -2.14. The van der Waals surface area contributed by atoms with Gasteiger partial charge in [0.25, 0.3) is 0 Å². The smallest absolute Gasteiger partial charge is 0.234 e. The Morgan fingerprint density at radius 2 is 2.14 bits per heavy atom. The summed E-state index contributed by atoms with van der Waals surface area (Å²) in [4.78, 5) is 16.6. The number of thioether (sulfide) groups is 1. The monoisotopic (exact) mass is 348 g/mol. The molecule has 2 aromatic carbocycles. The van der Waals surface area contributed by atoms with E-state index in [4.69, 9.17) is 11.6 Å². The lowest BCUT2D eigenvalue weighted by atomic mass is 10.2. The largest absolute Gasteiger partial charge is 0.325 e. The number of para-hydroxylation sites is 1. The second-order valence-electron chi connectivity index (χ2n) is 4.74. The molecular formula is C16H13ClN2OS2. The van der Waals surface area contributed by atoms with Crippen molar-refractivity contribution in [2.24, 2.45) is 0 Å². The summed E-state index contributed by atoms with van der Waals surface area (Å²) in [5.41, 5.74) is 2.71. The number of hydrogen-bond donors (Lipinski definition) is 1. The van der Waals surface area contributed by atoms with Crippen molar-refractivity contribution >= 4 is 56.5 Å². The van der Waals surface area contributed by atoms with E-state index in [1.165, 1.54) is 11.8 Å². The predicted molar refractivity (Wildman–Crippen MR) is 95.2 cm³/mol. The van der Waals surface area contributed by atoms with Crippen molar-refractivity contribution in [2.45, 2.75) is 11.3 Å². The van der Waals surface area contributed by atoms with Gasteiger partial charge in [-0.05, 0) is 36.8 Å². The third kappa shape index (κ3) is 3.61. The Morgan fingerprint density at radius 3 is 2.95 bits per heavy atom. The van der Waals surface area contributed by atoms with Crippen LogP contribution in [-0.4, -0.2) is 16.6 Å². The van der Waals surface area contributed by atoms with Crippen LogP contribution in [-0.2, 0) is 4.79 Å². The summed E-state index contributed by atoms with van der Waals surface area (Å²) in [6.45, 7) is 1.94. The van der Waals surface area contributed by atoms with Crippen LogP contribution in [0.3, 0.4) is 0 Å². The van der Waals surface area contributed by atoms with E-state index in [2.05, 4.69) is 10.3 Å². The molecule has 0 aliphatic heterocycles. The van der Waals surface area contributed by atoms with Crippen molar-refractivity contribution in [1.29, 1.82) is 0 Å². The second kappa shape index (κ2) is 6.69. The number of anilines is 1. The summed E-state index contributed by atoms with van der Waals surface area (Å²) in [6, 6.07) is 13.4. The summed E-state index contributed by atoms with van der Waals surface area (Å²) in [5, 5.41) is 3.50. The molecule has 112 valence electrons. The molecule has 0 saturated heterocycles. The Bertz CT molecular complexity index is 799. The molecule has 22 heavy (non-hydrogen) atoms. The molecule has 0 bridgehead atoms. The van der Waals surface area contributed by atoms with E-state index in [1.54, 1.807) is 17.4 Å².